The second-order valence-corrected chi connectivity index (χ2v) is 7.52. The Balaban J connectivity index is 1.84. The number of carbonyl (C=O) groups is 1. The van der Waals surface area contributed by atoms with E-state index in [4.69, 9.17) is 4.74 Å². The molecule has 1 saturated heterocycles. The van der Waals surface area contributed by atoms with E-state index in [1.165, 1.54) is 5.69 Å². The number of para-hydroxylation sites is 1. The van der Waals surface area contributed by atoms with Gasteiger partial charge in [0, 0.05) is 31.4 Å². The molecule has 0 amide bonds. The summed E-state index contributed by atoms with van der Waals surface area (Å²) in [7, 11) is 0. The summed E-state index contributed by atoms with van der Waals surface area (Å²) < 4.78 is 5.31. The predicted molar refractivity (Wildman–Crippen MR) is 107 cm³/mol. The SMILES string of the molecule is CCNC(=NCC(=O)OC(C)(C)C)NC1CCN(c2ccccc2)CC1. The molecule has 0 saturated carbocycles. The van der Waals surface area contributed by atoms with Gasteiger partial charge in [0.05, 0.1) is 0 Å². The van der Waals surface area contributed by atoms with Crippen molar-refractivity contribution in [3.8, 4) is 0 Å². The van der Waals surface area contributed by atoms with Crippen LogP contribution in [-0.2, 0) is 9.53 Å². The van der Waals surface area contributed by atoms with Crippen molar-refractivity contribution in [2.75, 3.05) is 31.1 Å². The lowest BCUT2D eigenvalue weighted by Gasteiger charge is -2.34. The Morgan fingerprint density at radius 1 is 1.23 bits per heavy atom. The lowest BCUT2D eigenvalue weighted by molar-refractivity contribution is -0.152. The topological polar surface area (TPSA) is 66.0 Å². The summed E-state index contributed by atoms with van der Waals surface area (Å²) in [6.45, 7) is 10.4. The third-order valence-electron chi connectivity index (χ3n) is 4.09. The lowest BCUT2D eigenvalue weighted by Crippen LogP contribution is -2.49. The number of rotatable bonds is 5. The van der Waals surface area contributed by atoms with Gasteiger partial charge in [0.1, 0.15) is 12.1 Å². The molecule has 1 aliphatic rings. The first-order valence-corrected chi connectivity index (χ1v) is 9.44. The molecule has 0 spiro atoms. The second kappa shape index (κ2) is 9.46. The number of hydrogen-bond donors (Lipinski definition) is 2. The smallest absolute Gasteiger partial charge is 0.328 e. The first kappa shape index (κ1) is 20.1. The van der Waals surface area contributed by atoms with Gasteiger partial charge in [0.25, 0.3) is 0 Å². The third kappa shape index (κ3) is 6.94. The molecule has 0 bridgehead atoms. The van der Waals surface area contributed by atoms with Gasteiger partial charge in [-0.25, -0.2) is 4.99 Å². The first-order chi connectivity index (χ1) is 12.4. The third-order valence-corrected chi connectivity index (χ3v) is 4.09. The number of nitrogens with one attached hydrogen (secondary N) is 2. The highest BCUT2D eigenvalue weighted by molar-refractivity contribution is 5.83. The molecule has 0 aliphatic carbocycles. The summed E-state index contributed by atoms with van der Waals surface area (Å²) in [4.78, 5) is 18.6. The maximum atomic E-state index is 11.9. The van der Waals surface area contributed by atoms with E-state index >= 15 is 0 Å². The molecule has 0 atom stereocenters. The molecular formula is C20H32N4O2. The van der Waals surface area contributed by atoms with Crippen molar-refractivity contribution >= 4 is 17.6 Å². The van der Waals surface area contributed by atoms with Crippen molar-refractivity contribution in [1.29, 1.82) is 0 Å². The van der Waals surface area contributed by atoms with E-state index < -0.39 is 5.60 Å². The van der Waals surface area contributed by atoms with E-state index in [9.17, 15) is 4.79 Å². The number of ether oxygens (including phenoxy) is 1. The van der Waals surface area contributed by atoms with Gasteiger partial charge in [0.2, 0.25) is 0 Å². The minimum atomic E-state index is -0.483. The van der Waals surface area contributed by atoms with Crippen molar-refractivity contribution in [3.05, 3.63) is 30.3 Å². The molecule has 1 heterocycles. The summed E-state index contributed by atoms with van der Waals surface area (Å²) in [5, 5.41) is 6.66. The molecule has 1 aromatic carbocycles. The highest BCUT2D eigenvalue weighted by Gasteiger charge is 2.20. The van der Waals surface area contributed by atoms with Crippen molar-refractivity contribution in [2.45, 2.75) is 52.2 Å². The number of nitrogens with zero attached hydrogens (tertiary/aromatic N) is 2. The van der Waals surface area contributed by atoms with Gasteiger partial charge in [-0.3, -0.25) is 4.79 Å². The molecule has 1 aliphatic heterocycles. The van der Waals surface area contributed by atoms with Gasteiger partial charge in [-0.05, 0) is 52.7 Å². The van der Waals surface area contributed by atoms with Crippen molar-refractivity contribution in [2.24, 2.45) is 4.99 Å². The minimum absolute atomic E-state index is 0.0233. The number of piperidine rings is 1. The van der Waals surface area contributed by atoms with E-state index in [0.717, 1.165) is 32.5 Å². The van der Waals surface area contributed by atoms with Crippen LogP contribution in [0.5, 0.6) is 0 Å². The zero-order valence-electron chi connectivity index (χ0n) is 16.4. The van der Waals surface area contributed by atoms with Gasteiger partial charge < -0.3 is 20.3 Å². The van der Waals surface area contributed by atoms with Crippen molar-refractivity contribution in [3.63, 3.8) is 0 Å². The van der Waals surface area contributed by atoms with Crippen LogP contribution in [0.25, 0.3) is 0 Å². The zero-order valence-corrected chi connectivity index (χ0v) is 16.4. The number of benzene rings is 1. The fourth-order valence-electron chi connectivity index (χ4n) is 2.95. The van der Waals surface area contributed by atoms with Gasteiger partial charge in [-0.2, -0.15) is 0 Å². The molecule has 144 valence electrons. The summed E-state index contributed by atoms with van der Waals surface area (Å²) in [6.07, 6.45) is 2.07. The Labute approximate surface area is 157 Å². The van der Waals surface area contributed by atoms with Crippen LogP contribution in [0.3, 0.4) is 0 Å². The fourth-order valence-corrected chi connectivity index (χ4v) is 2.95. The number of esters is 1. The second-order valence-electron chi connectivity index (χ2n) is 7.52. The van der Waals surface area contributed by atoms with E-state index in [0.29, 0.717) is 12.0 Å². The van der Waals surface area contributed by atoms with Gasteiger partial charge in [-0.15, -0.1) is 0 Å². The van der Waals surface area contributed by atoms with Crippen LogP contribution < -0.4 is 15.5 Å². The molecule has 1 aromatic rings. The number of hydrogen-bond acceptors (Lipinski definition) is 4. The first-order valence-electron chi connectivity index (χ1n) is 9.44. The van der Waals surface area contributed by atoms with Crippen LogP contribution >= 0.6 is 0 Å². The summed E-state index contributed by atoms with van der Waals surface area (Å²) in [5.74, 6) is 0.366. The minimum Gasteiger partial charge on any atom is -0.459 e. The number of anilines is 1. The summed E-state index contributed by atoms with van der Waals surface area (Å²) in [6, 6.07) is 10.9. The molecule has 0 aromatic heterocycles. The van der Waals surface area contributed by atoms with Gasteiger partial charge >= 0.3 is 5.97 Å². The Morgan fingerprint density at radius 3 is 2.46 bits per heavy atom. The monoisotopic (exact) mass is 360 g/mol. The average molecular weight is 361 g/mol. The predicted octanol–water partition coefficient (Wildman–Crippen LogP) is 2.55. The maximum absolute atomic E-state index is 11.9. The van der Waals surface area contributed by atoms with Crippen LogP contribution in [0.15, 0.2) is 35.3 Å². The Bertz CT molecular complexity index is 588. The zero-order chi connectivity index (χ0) is 19.0. The van der Waals surface area contributed by atoms with Crippen molar-refractivity contribution < 1.29 is 9.53 Å². The number of aliphatic imine (C=N–C) groups is 1. The largest absolute Gasteiger partial charge is 0.459 e. The van der Waals surface area contributed by atoms with E-state index in [1.807, 2.05) is 33.8 Å². The quantitative estimate of drug-likeness (QED) is 0.480. The van der Waals surface area contributed by atoms with Crippen LogP contribution in [0.4, 0.5) is 5.69 Å². The average Bonchev–Trinajstić information content (AvgIpc) is 2.60. The summed E-state index contributed by atoms with van der Waals surface area (Å²) >= 11 is 0. The van der Waals surface area contributed by atoms with E-state index in [1.54, 1.807) is 0 Å². The molecular weight excluding hydrogens is 328 g/mol. The van der Waals surface area contributed by atoms with Crippen molar-refractivity contribution in [1.82, 2.24) is 10.6 Å². The Hall–Kier alpha value is -2.24. The van der Waals surface area contributed by atoms with Crippen LogP contribution in [0, 0.1) is 0 Å². The number of guanidine groups is 1. The van der Waals surface area contributed by atoms with E-state index in [2.05, 4.69) is 44.8 Å². The van der Waals surface area contributed by atoms with Crippen LogP contribution in [0.2, 0.25) is 0 Å². The lowest BCUT2D eigenvalue weighted by atomic mass is 10.0. The molecule has 1 fully saturated rings. The molecule has 6 nitrogen and oxygen atoms in total. The van der Waals surface area contributed by atoms with Crippen LogP contribution in [0.1, 0.15) is 40.5 Å². The van der Waals surface area contributed by atoms with Gasteiger partial charge in [-0.1, -0.05) is 18.2 Å². The normalized spacial score (nSPS) is 16.3. The highest BCUT2D eigenvalue weighted by Crippen LogP contribution is 2.19. The Morgan fingerprint density at radius 2 is 1.88 bits per heavy atom. The number of carbonyl (C=O) groups excluding carboxylic acids is 1. The molecule has 0 unspecified atom stereocenters. The Kier molecular flexibility index (Phi) is 7.30. The van der Waals surface area contributed by atoms with E-state index in [-0.39, 0.29) is 12.5 Å². The summed E-state index contributed by atoms with van der Waals surface area (Å²) in [5.41, 5.74) is 0.791. The fraction of sp³-hybridized carbons (Fsp3) is 0.600. The molecule has 6 heteroatoms. The van der Waals surface area contributed by atoms with Crippen LogP contribution in [-0.4, -0.2) is 49.8 Å². The van der Waals surface area contributed by atoms with Gasteiger partial charge in [0.15, 0.2) is 5.96 Å². The molecule has 0 radical (unpaired) electrons. The molecule has 26 heavy (non-hydrogen) atoms. The standard InChI is InChI=1S/C20H32N4O2/c1-5-21-19(22-15-18(25)26-20(2,3)4)23-16-11-13-24(14-12-16)17-9-7-6-8-10-17/h6-10,16H,5,11-15H2,1-4H3,(H2,21,22,23). The molecule has 2 N–H and O–H groups in total. The maximum Gasteiger partial charge on any atom is 0.328 e. The molecule has 2 rings (SSSR count). The highest BCUT2D eigenvalue weighted by atomic mass is 16.6.